The summed E-state index contributed by atoms with van der Waals surface area (Å²) >= 11 is 0. The quantitative estimate of drug-likeness (QED) is 0.701. The predicted octanol–water partition coefficient (Wildman–Crippen LogP) is 2.39. The van der Waals surface area contributed by atoms with Gasteiger partial charge in [-0.05, 0) is 35.4 Å². The zero-order chi connectivity index (χ0) is 17.7. The van der Waals surface area contributed by atoms with E-state index < -0.39 is 10.0 Å². The second-order valence-corrected chi connectivity index (χ2v) is 7.04. The van der Waals surface area contributed by atoms with Crippen LogP contribution in [0.25, 0.3) is 11.1 Å². The molecule has 0 radical (unpaired) electrons. The van der Waals surface area contributed by atoms with Crippen LogP contribution in [0, 0.1) is 0 Å². The number of aromatic nitrogens is 3. The molecule has 3 aromatic rings. The highest BCUT2D eigenvalue weighted by Crippen LogP contribution is 2.23. The Balaban J connectivity index is 1.80. The van der Waals surface area contributed by atoms with Crippen molar-refractivity contribution in [3.63, 3.8) is 0 Å². The molecule has 0 atom stereocenters. The molecule has 2 aromatic heterocycles. The van der Waals surface area contributed by atoms with E-state index in [4.69, 9.17) is 4.74 Å². The molecule has 1 N–H and O–H groups in total. The van der Waals surface area contributed by atoms with E-state index in [0.717, 1.165) is 11.1 Å². The number of ether oxygens (including phenoxy) is 1. The van der Waals surface area contributed by atoms with E-state index in [0.29, 0.717) is 18.8 Å². The topological polar surface area (TPSA) is 86.1 Å². The molecule has 3 rings (SSSR count). The van der Waals surface area contributed by atoms with Gasteiger partial charge in [0.05, 0.1) is 19.3 Å². The van der Waals surface area contributed by atoms with Crippen molar-refractivity contribution < 1.29 is 13.2 Å². The van der Waals surface area contributed by atoms with Crippen LogP contribution in [-0.4, -0.2) is 36.9 Å². The smallest absolute Gasteiger partial charge is 0.265 e. The maximum Gasteiger partial charge on any atom is 0.265 e. The maximum atomic E-state index is 12.5. The third kappa shape index (κ3) is 4.23. The first-order chi connectivity index (χ1) is 12.1. The Morgan fingerprint density at radius 1 is 1.16 bits per heavy atom. The van der Waals surface area contributed by atoms with Gasteiger partial charge in [0.2, 0.25) is 0 Å². The average Bonchev–Trinajstić information content (AvgIpc) is 3.10. The molecule has 25 heavy (non-hydrogen) atoms. The summed E-state index contributed by atoms with van der Waals surface area (Å²) in [7, 11) is -2.12. The number of nitrogens with one attached hydrogen (secondary N) is 1. The summed E-state index contributed by atoms with van der Waals surface area (Å²) < 4.78 is 34.1. The number of methoxy groups -OCH3 is 1. The van der Waals surface area contributed by atoms with Crippen LogP contribution < -0.4 is 4.72 Å². The minimum absolute atomic E-state index is 0.109. The highest BCUT2D eigenvalue weighted by molar-refractivity contribution is 7.92. The summed E-state index contributed by atoms with van der Waals surface area (Å²) in [5.74, 6) is 0. The van der Waals surface area contributed by atoms with E-state index in [2.05, 4.69) is 14.8 Å². The van der Waals surface area contributed by atoms with Crippen LogP contribution in [0.3, 0.4) is 0 Å². The monoisotopic (exact) mass is 358 g/mol. The van der Waals surface area contributed by atoms with E-state index in [1.54, 1.807) is 37.7 Å². The minimum Gasteiger partial charge on any atom is -0.383 e. The molecular formula is C17H18N4O3S. The van der Waals surface area contributed by atoms with Crippen LogP contribution in [0.1, 0.15) is 0 Å². The summed E-state index contributed by atoms with van der Waals surface area (Å²) in [5, 5.41) is 4.04. The third-order valence-electron chi connectivity index (χ3n) is 3.57. The van der Waals surface area contributed by atoms with Crippen LogP contribution in [0.5, 0.6) is 0 Å². The Morgan fingerprint density at radius 2 is 1.96 bits per heavy atom. The fraction of sp³-hybridized carbons (Fsp3) is 0.176. The molecule has 130 valence electrons. The van der Waals surface area contributed by atoms with Gasteiger partial charge in [0.25, 0.3) is 10.0 Å². The highest BCUT2D eigenvalue weighted by atomic mass is 32.2. The normalized spacial score (nSPS) is 11.4. The zero-order valence-corrected chi connectivity index (χ0v) is 14.5. The standard InChI is InChI=1S/C17H18N4O3S/c1-24-10-9-21-13-17(12-19-21)25(22,23)20-16-4-2-3-15(11-16)14-5-7-18-8-6-14/h2-8,11-13,20H,9-10H2,1H3. The number of anilines is 1. The van der Waals surface area contributed by atoms with Gasteiger partial charge in [-0.25, -0.2) is 8.42 Å². The molecule has 0 unspecified atom stereocenters. The van der Waals surface area contributed by atoms with Crippen molar-refractivity contribution in [2.24, 2.45) is 0 Å². The highest BCUT2D eigenvalue weighted by Gasteiger charge is 2.17. The van der Waals surface area contributed by atoms with Gasteiger partial charge in [-0.2, -0.15) is 5.10 Å². The second kappa shape index (κ2) is 7.45. The Hall–Kier alpha value is -2.71. The zero-order valence-electron chi connectivity index (χ0n) is 13.7. The lowest BCUT2D eigenvalue weighted by Crippen LogP contribution is -2.12. The Labute approximate surface area is 146 Å². The fourth-order valence-electron chi connectivity index (χ4n) is 2.31. The van der Waals surface area contributed by atoms with Gasteiger partial charge in [-0.3, -0.25) is 14.4 Å². The molecule has 0 saturated heterocycles. The van der Waals surface area contributed by atoms with Crippen molar-refractivity contribution in [2.75, 3.05) is 18.4 Å². The largest absolute Gasteiger partial charge is 0.383 e. The van der Waals surface area contributed by atoms with E-state index in [1.807, 2.05) is 18.2 Å². The van der Waals surface area contributed by atoms with Crippen LogP contribution in [0.2, 0.25) is 0 Å². The number of benzene rings is 1. The SMILES string of the molecule is COCCn1cc(S(=O)(=O)Nc2cccc(-c3ccncc3)c2)cn1. The summed E-state index contributed by atoms with van der Waals surface area (Å²) in [6.07, 6.45) is 6.19. The number of nitrogens with zero attached hydrogens (tertiary/aromatic N) is 3. The first-order valence-corrected chi connectivity index (χ1v) is 9.11. The van der Waals surface area contributed by atoms with Crippen molar-refractivity contribution in [3.05, 3.63) is 61.2 Å². The van der Waals surface area contributed by atoms with Crippen LogP contribution >= 0.6 is 0 Å². The second-order valence-electron chi connectivity index (χ2n) is 5.35. The van der Waals surface area contributed by atoms with Crippen LogP contribution in [0.4, 0.5) is 5.69 Å². The van der Waals surface area contributed by atoms with E-state index >= 15 is 0 Å². The molecule has 8 heteroatoms. The lowest BCUT2D eigenvalue weighted by molar-refractivity contribution is 0.183. The van der Waals surface area contributed by atoms with Gasteiger partial charge in [0, 0.05) is 31.4 Å². The molecule has 1 aromatic carbocycles. The molecule has 0 aliphatic carbocycles. The third-order valence-corrected chi connectivity index (χ3v) is 4.91. The molecule has 0 aliphatic rings. The molecule has 0 amide bonds. The minimum atomic E-state index is -3.70. The van der Waals surface area contributed by atoms with Gasteiger partial charge in [-0.15, -0.1) is 0 Å². The van der Waals surface area contributed by atoms with E-state index in [1.165, 1.54) is 17.1 Å². The van der Waals surface area contributed by atoms with Crippen LogP contribution in [-0.2, 0) is 21.3 Å². The van der Waals surface area contributed by atoms with Crippen molar-refractivity contribution in [2.45, 2.75) is 11.4 Å². The van der Waals surface area contributed by atoms with E-state index in [-0.39, 0.29) is 4.90 Å². The van der Waals surface area contributed by atoms with Gasteiger partial charge in [0.1, 0.15) is 4.90 Å². The molecule has 7 nitrogen and oxygen atoms in total. The fourth-order valence-corrected chi connectivity index (χ4v) is 3.31. The molecule has 0 spiro atoms. The van der Waals surface area contributed by atoms with Crippen molar-refractivity contribution >= 4 is 15.7 Å². The van der Waals surface area contributed by atoms with Crippen molar-refractivity contribution in [1.29, 1.82) is 0 Å². The Bertz CT molecular complexity index is 939. The molecule has 2 heterocycles. The van der Waals surface area contributed by atoms with Crippen molar-refractivity contribution in [3.8, 4) is 11.1 Å². The summed E-state index contributed by atoms with van der Waals surface area (Å²) in [5.41, 5.74) is 2.35. The molecular weight excluding hydrogens is 340 g/mol. The van der Waals surface area contributed by atoms with Crippen LogP contribution in [0.15, 0.2) is 66.1 Å². The van der Waals surface area contributed by atoms with Gasteiger partial charge >= 0.3 is 0 Å². The Morgan fingerprint density at radius 3 is 2.72 bits per heavy atom. The van der Waals surface area contributed by atoms with Crippen molar-refractivity contribution in [1.82, 2.24) is 14.8 Å². The molecule has 0 saturated carbocycles. The number of rotatable bonds is 7. The van der Waals surface area contributed by atoms with E-state index in [9.17, 15) is 8.42 Å². The van der Waals surface area contributed by atoms with Gasteiger partial charge < -0.3 is 4.74 Å². The molecule has 0 fully saturated rings. The number of hydrogen-bond donors (Lipinski definition) is 1. The summed E-state index contributed by atoms with van der Waals surface area (Å²) in [4.78, 5) is 4.10. The first-order valence-electron chi connectivity index (χ1n) is 7.63. The molecule has 0 bridgehead atoms. The molecule has 0 aliphatic heterocycles. The first kappa shape index (κ1) is 17.1. The Kier molecular flexibility index (Phi) is 5.11. The number of sulfonamides is 1. The summed E-state index contributed by atoms with van der Waals surface area (Å²) in [6.45, 7) is 0.951. The predicted molar refractivity (Wildman–Crippen MR) is 94.6 cm³/mol. The van der Waals surface area contributed by atoms with Gasteiger partial charge in [-0.1, -0.05) is 12.1 Å². The lowest BCUT2D eigenvalue weighted by Gasteiger charge is -2.08. The number of hydrogen-bond acceptors (Lipinski definition) is 5. The number of pyridine rings is 1. The van der Waals surface area contributed by atoms with Gasteiger partial charge in [0.15, 0.2) is 0 Å². The lowest BCUT2D eigenvalue weighted by atomic mass is 10.1. The maximum absolute atomic E-state index is 12.5. The average molecular weight is 358 g/mol. The summed E-state index contributed by atoms with van der Waals surface area (Å²) in [6, 6.07) is 10.9.